The van der Waals surface area contributed by atoms with Crippen LogP contribution in [0.4, 0.5) is 0 Å². The number of rotatable bonds is 7. The van der Waals surface area contributed by atoms with E-state index in [4.69, 9.17) is 0 Å². The minimum absolute atomic E-state index is 0.0823. The van der Waals surface area contributed by atoms with Gasteiger partial charge in [-0.05, 0) is 25.3 Å². The van der Waals surface area contributed by atoms with E-state index >= 15 is 0 Å². The monoisotopic (exact) mass is 195 g/mol. The molecule has 0 saturated heterocycles. The van der Waals surface area contributed by atoms with Gasteiger partial charge in [-0.2, -0.15) is 0 Å². The van der Waals surface area contributed by atoms with E-state index in [1.807, 2.05) is 0 Å². The third kappa shape index (κ3) is 8.71. The Morgan fingerprint density at radius 2 is 1.93 bits per heavy atom. The predicted molar refractivity (Wildman–Crippen MR) is 56.9 cm³/mol. The zero-order valence-corrected chi connectivity index (χ0v) is 8.53. The Morgan fingerprint density at radius 1 is 1.21 bits per heavy atom. The molecule has 3 heteroatoms. The average molecular weight is 195 g/mol. The summed E-state index contributed by atoms with van der Waals surface area (Å²) in [6, 6.07) is 0. The van der Waals surface area contributed by atoms with Gasteiger partial charge in [0.15, 0.2) is 0 Å². The summed E-state index contributed by atoms with van der Waals surface area (Å²) in [6.45, 7) is 2.16. The highest BCUT2D eigenvalue weighted by atomic mass is 16.2. The number of hydrogen-bond donors (Lipinski definition) is 1. The number of carbonyl (C=O) groups excluding carboxylic acids is 2. The number of hydrogen-bond acceptors (Lipinski definition) is 2. The largest absolute Gasteiger partial charge is 0.346 e. The van der Waals surface area contributed by atoms with Crippen LogP contribution in [0.15, 0.2) is 24.3 Å². The molecule has 0 heterocycles. The summed E-state index contributed by atoms with van der Waals surface area (Å²) in [7, 11) is 0. The molecular formula is C11H17NO2. The maximum Gasteiger partial charge on any atom is 0.244 e. The van der Waals surface area contributed by atoms with Crippen LogP contribution >= 0.6 is 0 Å². The van der Waals surface area contributed by atoms with E-state index in [0.717, 1.165) is 19.3 Å². The Labute approximate surface area is 84.9 Å². The Bertz CT molecular complexity index is 219. The Balaban J connectivity index is 3.46. The van der Waals surface area contributed by atoms with Crippen molar-refractivity contribution < 1.29 is 9.59 Å². The maximum atomic E-state index is 10.9. The second-order valence-electron chi connectivity index (χ2n) is 2.77. The average Bonchev–Trinajstić information content (AvgIpc) is 2.20. The molecule has 0 radical (unpaired) electrons. The van der Waals surface area contributed by atoms with E-state index < -0.39 is 0 Å². The van der Waals surface area contributed by atoms with Crippen LogP contribution in [0.1, 0.15) is 26.2 Å². The smallest absolute Gasteiger partial charge is 0.244 e. The molecule has 14 heavy (non-hydrogen) atoms. The molecule has 0 aromatic heterocycles. The molecular weight excluding hydrogens is 178 g/mol. The first kappa shape index (κ1) is 12.6. The first-order valence-electron chi connectivity index (χ1n) is 4.84. The topological polar surface area (TPSA) is 46.2 Å². The summed E-state index contributed by atoms with van der Waals surface area (Å²) < 4.78 is 0. The SMILES string of the molecule is CC/C=C\CC/C=C/C(=O)NCC=O. The second kappa shape index (κ2) is 9.71. The summed E-state index contributed by atoms with van der Waals surface area (Å²) >= 11 is 0. The lowest BCUT2D eigenvalue weighted by Crippen LogP contribution is -2.22. The van der Waals surface area contributed by atoms with Crippen LogP contribution in [0.3, 0.4) is 0 Å². The molecule has 0 aliphatic rings. The third-order valence-corrected chi connectivity index (χ3v) is 1.53. The first-order chi connectivity index (χ1) is 6.81. The van der Waals surface area contributed by atoms with Gasteiger partial charge in [0, 0.05) is 0 Å². The predicted octanol–water partition coefficient (Wildman–Crippen LogP) is 1.60. The van der Waals surface area contributed by atoms with Gasteiger partial charge >= 0.3 is 0 Å². The highest BCUT2D eigenvalue weighted by Gasteiger charge is 1.90. The molecule has 0 atom stereocenters. The van der Waals surface area contributed by atoms with Gasteiger partial charge in [0.05, 0.1) is 6.54 Å². The van der Waals surface area contributed by atoms with Crippen LogP contribution in [-0.4, -0.2) is 18.7 Å². The summed E-state index contributed by atoms with van der Waals surface area (Å²) in [5, 5.41) is 2.42. The number of amides is 1. The van der Waals surface area contributed by atoms with Gasteiger partial charge in [0.2, 0.25) is 5.91 Å². The number of allylic oxidation sites excluding steroid dienone is 3. The van der Waals surface area contributed by atoms with E-state index in [1.54, 1.807) is 6.08 Å². The van der Waals surface area contributed by atoms with E-state index in [2.05, 4.69) is 24.4 Å². The highest BCUT2D eigenvalue weighted by molar-refractivity contribution is 5.88. The van der Waals surface area contributed by atoms with Crippen molar-refractivity contribution in [2.75, 3.05) is 6.54 Å². The summed E-state index contributed by atoms with van der Waals surface area (Å²) in [4.78, 5) is 20.8. The standard InChI is InChI=1S/C11H17NO2/c1-2-3-4-5-6-7-8-11(14)12-9-10-13/h3-4,7-8,10H,2,5-6,9H2,1H3,(H,12,14)/b4-3-,8-7+. The van der Waals surface area contributed by atoms with Gasteiger partial charge in [-0.15, -0.1) is 0 Å². The van der Waals surface area contributed by atoms with Crippen molar-refractivity contribution in [2.24, 2.45) is 0 Å². The molecule has 0 bridgehead atoms. The fourth-order valence-corrected chi connectivity index (χ4v) is 0.869. The molecule has 3 nitrogen and oxygen atoms in total. The van der Waals surface area contributed by atoms with Gasteiger partial charge in [-0.3, -0.25) is 4.79 Å². The molecule has 0 aliphatic heterocycles. The van der Waals surface area contributed by atoms with Crippen molar-refractivity contribution in [3.63, 3.8) is 0 Å². The second-order valence-corrected chi connectivity index (χ2v) is 2.77. The number of aldehydes is 1. The van der Waals surface area contributed by atoms with Crippen LogP contribution < -0.4 is 5.32 Å². The minimum Gasteiger partial charge on any atom is -0.346 e. The van der Waals surface area contributed by atoms with Crippen molar-refractivity contribution >= 4 is 12.2 Å². The third-order valence-electron chi connectivity index (χ3n) is 1.53. The maximum absolute atomic E-state index is 10.9. The molecule has 0 spiro atoms. The molecule has 1 N–H and O–H groups in total. The number of unbranched alkanes of at least 4 members (excludes halogenated alkanes) is 1. The fourth-order valence-electron chi connectivity index (χ4n) is 0.869. The lowest BCUT2D eigenvalue weighted by molar-refractivity contribution is -0.118. The zero-order valence-electron chi connectivity index (χ0n) is 8.53. The van der Waals surface area contributed by atoms with Crippen LogP contribution in [-0.2, 0) is 9.59 Å². The molecule has 0 aromatic rings. The molecule has 1 amide bonds. The van der Waals surface area contributed by atoms with Crippen molar-refractivity contribution in [3.05, 3.63) is 24.3 Å². The lowest BCUT2D eigenvalue weighted by Gasteiger charge is -1.93. The van der Waals surface area contributed by atoms with Crippen LogP contribution in [0.5, 0.6) is 0 Å². The van der Waals surface area contributed by atoms with E-state index in [9.17, 15) is 9.59 Å². The number of nitrogens with one attached hydrogen (secondary N) is 1. The van der Waals surface area contributed by atoms with Crippen molar-refractivity contribution in [1.82, 2.24) is 5.32 Å². The molecule has 78 valence electrons. The molecule has 0 aromatic carbocycles. The van der Waals surface area contributed by atoms with Gasteiger partial charge in [-0.25, -0.2) is 0 Å². The Hall–Kier alpha value is -1.38. The highest BCUT2D eigenvalue weighted by Crippen LogP contribution is 1.93. The summed E-state index contributed by atoms with van der Waals surface area (Å²) in [6.07, 6.45) is 11.0. The molecule has 0 rings (SSSR count). The van der Waals surface area contributed by atoms with E-state index in [-0.39, 0.29) is 12.5 Å². The van der Waals surface area contributed by atoms with Crippen molar-refractivity contribution in [1.29, 1.82) is 0 Å². The van der Waals surface area contributed by atoms with Gasteiger partial charge in [0.1, 0.15) is 6.29 Å². The Morgan fingerprint density at radius 3 is 2.57 bits per heavy atom. The molecule has 0 unspecified atom stereocenters. The van der Waals surface area contributed by atoms with Crippen LogP contribution in [0.25, 0.3) is 0 Å². The first-order valence-corrected chi connectivity index (χ1v) is 4.84. The van der Waals surface area contributed by atoms with E-state index in [0.29, 0.717) is 6.29 Å². The quantitative estimate of drug-likeness (QED) is 0.290. The van der Waals surface area contributed by atoms with Crippen molar-refractivity contribution in [2.45, 2.75) is 26.2 Å². The van der Waals surface area contributed by atoms with Gasteiger partial charge < -0.3 is 10.1 Å². The van der Waals surface area contributed by atoms with Crippen LogP contribution in [0.2, 0.25) is 0 Å². The summed E-state index contributed by atoms with van der Waals surface area (Å²) in [5.74, 6) is -0.212. The Kier molecular flexibility index (Phi) is 8.75. The van der Waals surface area contributed by atoms with Gasteiger partial charge in [-0.1, -0.05) is 25.2 Å². The zero-order chi connectivity index (χ0) is 10.6. The minimum atomic E-state index is -0.212. The molecule has 0 saturated carbocycles. The lowest BCUT2D eigenvalue weighted by atomic mass is 10.2. The van der Waals surface area contributed by atoms with Crippen molar-refractivity contribution in [3.8, 4) is 0 Å². The molecule has 0 aliphatic carbocycles. The van der Waals surface area contributed by atoms with Crippen LogP contribution in [0, 0.1) is 0 Å². The fraction of sp³-hybridized carbons (Fsp3) is 0.455. The van der Waals surface area contributed by atoms with E-state index in [1.165, 1.54) is 6.08 Å². The van der Waals surface area contributed by atoms with Gasteiger partial charge in [0.25, 0.3) is 0 Å². The summed E-state index contributed by atoms with van der Waals surface area (Å²) in [5.41, 5.74) is 0. The normalized spacial score (nSPS) is 10.9. The number of carbonyl (C=O) groups is 2. The molecule has 0 fully saturated rings.